The van der Waals surface area contributed by atoms with Crippen LogP contribution in [0, 0.1) is 0 Å². The smallest absolute Gasteiger partial charge is 0.291 e. The topological polar surface area (TPSA) is 64.4 Å². The Morgan fingerprint density at radius 2 is 1.77 bits per heavy atom. The molecule has 5 rings (SSSR count). The van der Waals surface area contributed by atoms with Gasteiger partial charge in [0, 0.05) is 27.6 Å². The molecule has 0 aliphatic heterocycles. The lowest BCUT2D eigenvalue weighted by Crippen LogP contribution is -2.10. The van der Waals surface area contributed by atoms with Crippen molar-refractivity contribution in [1.82, 2.24) is 4.98 Å². The number of carbonyl (C=O) groups is 1. The van der Waals surface area contributed by atoms with E-state index in [4.69, 9.17) is 14.1 Å². The quantitative estimate of drug-likeness (QED) is 0.349. The number of hydrogen-bond donors (Lipinski definition) is 1. The van der Waals surface area contributed by atoms with Crippen molar-refractivity contribution in [2.24, 2.45) is 0 Å². The first kappa shape index (κ1) is 19.1. The number of nitrogens with one attached hydrogen (secondary N) is 1. The van der Waals surface area contributed by atoms with Crippen molar-refractivity contribution in [3.63, 3.8) is 0 Å². The maximum Gasteiger partial charge on any atom is 0.291 e. The summed E-state index contributed by atoms with van der Waals surface area (Å²) in [4.78, 5) is 17.5. The van der Waals surface area contributed by atoms with Crippen LogP contribution in [0.5, 0.6) is 5.75 Å². The molecule has 0 saturated heterocycles. The van der Waals surface area contributed by atoms with Gasteiger partial charge in [-0.1, -0.05) is 54.6 Å². The molecule has 0 unspecified atom stereocenters. The predicted octanol–water partition coefficient (Wildman–Crippen LogP) is 6.48. The molecule has 0 spiro atoms. The fourth-order valence-corrected chi connectivity index (χ4v) is 4.21. The van der Waals surface area contributed by atoms with E-state index >= 15 is 0 Å². The normalized spacial score (nSPS) is 10.9. The number of thiazole rings is 1. The number of hydrogen-bond acceptors (Lipinski definition) is 5. The van der Waals surface area contributed by atoms with E-state index in [-0.39, 0.29) is 11.7 Å². The van der Waals surface area contributed by atoms with Gasteiger partial charge in [0.1, 0.15) is 5.01 Å². The first-order valence-corrected chi connectivity index (χ1v) is 10.6. The van der Waals surface area contributed by atoms with Gasteiger partial charge in [-0.2, -0.15) is 0 Å². The molecule has 2 aromatic heterocycles. The summed E-state index contributed by atoms with van der Waals surface area (Å²) in [5.74, 6) is 0.500. The fraction of sp³-hybridized carbons (Fsp3) is 0.0400. The Kier molecular flexibility index (Phi) is 4.98. The van der Waals surface area contributed by atoms with Gasteiger partial charge < -0.3 is 14.5 Å². The lowest BCUT2D eigenvalue weighted by Gasteiger charge is -2.05. The van der Waals surface area contributed by atoms with Crippen LogP contribution in [0.3, 0.4) is 0 Å². The molecule has 1 amide bonds. The molecule has 0 aliphatic carbocycles. The molecule has 0 bridgehead atoms. The van der Waals surface area contributed by atoms with Crippen LogP contribution >= 0.6 is 11.3 Å². The van der Waals surface area contributed by atoms with Crippen LogP contribution in [0.2, 0.25) is 0 Å². The second-order valence-electron chi connectivity index (χ2n) is 6.93. The number of methoxy groups -OCH3 is 1. The molecule has 31 heavy (non-hydrogen) atoms. The van der Waals surface area contributed by atoms with Crippen LogP contribution in [0.25, 0.3) is 32.8 Å². The Bertz CT molecular complexity index is 1370. The van der Waals surface area contributed by atoms with Crippen molar-refractivity contribution in [3.8, 4) is 27.6 Å². The van der Waals surface area contributed by atoms with Gasteiger partial charge in [-0.05, 0) is 24.3 Å². The van der Waals surface area contributed by atoms with Gasteiger partial charge in [-0.15, -0.1) is 11.3 Å². The monoisotopic (exact) mass is 426 g/mol. The highest BCUT2D eigenvalue weighted by atomic mass is 32.1. The third-order valence-corrected chi connectivity index (χ3v) is 5.78. The molecule has 5 nitrogen and oxygen atoms in total. The highest BCUT2D eigenvalue weighted by molar-refractivity contribution is 7.13. The molecule has 0 aliphatic rings. The second-order valence-corrected chi connectivity index (χ2v) is 7.79. The summed E-state index contributed by atoms with van der Waals surface area (Å²) in [6.45, 7) is 0. The van der Waals surface area contributed by atoms with E-state index in [1.165, 1.54) is 0 Å². The zero-order valence-corrected chi connectivity index (χ0v) is 17.5. The minimum absolute atomic E-state index is 0.227. The van der Waals surface area contributed by atoms with Crippen LogP contribution in [0.1, 0.15) is 10.6 Å². The molecule has 0 saturated carbocycles. The van der Waals surface area contributed by atoms with E-state index < -0.39 is 0 Å². The molecule has 0 fully saturated rings. The van der Waals surface area contributed by atoms with E-state index in [0.717, 1.165) is 27.2 Å². The molecule has 0 radical (unpaired) electrons. The lowest BCUT2D eigenvalue weighted by molar-refractivity contribution is 0.0998. The predicted molar refractivity (Wildman–Crippen MR) is 124 cm³/mol. The summed E-state index contributed by atoms with van der Waals surface area (Å²) < 4.78 is 11.0. The second kappa shape index (κ2) is 8.08. The van der Waals surface area contributed by atoms with Crippen molar-refractivity contribution in [3.05, 3.63) is 90.0 Å². The Morgan fingerprint density at radius 3 is 2.61 bits per heavy atom. The van der Waals surface area contributed by atoms with Crippen LogP contribution in [-0.4, -0.2) is 18.0 Å². The highest BCUT2D eigenvalue weighted by Crippen LogP contribution is 2.31. The van der Waals surface area contributed by atoms with Crippen LogP contribution in [0.15, 0.2) is 88.7 Å². The lowest BCUT2D eigenvalue weighted by atomic mass is 10.1. The number of amides is 1. The van der Waals surface area contributed by atoms with Crippen molar-refractivity contribution in [1.29, 1.82) is 0 Å². The van der Waals surface area contributed by atoms with Crippen LogP contribution in [-0.2, 0) is 0 Å². The summed E-state index contributed by atoms with van der Waals surface area (Å²) in [6, 6.07) is 25.0. The number of carbonyl (C=O) groups excluding carboxylic acids is 1. The highest BCUT2D eigenvalue weighted by Gasteiger charge is 2.15. The Labute approximate surface area is 182 Å². The van der Waals surface area contributed by atoms with Crippen LogP contribution < -0.4 is 10.1 Å². The Morgan fingerprint density at radius 1 is 0.968 bits per heavy atom. The number of fused-ring (bicyclic) bond motifs is 1. The molecule has 6 heteroatoms. The minimum Gasteiger partial charge on any atom is -0.493 e. The van der Waals surface area contributed by atoms with Gasteiger partial charge >= 0.3 is 0 Å². The van der Waals surface area contributed by atoms with Gasteiger partial charge in [0.05, 0.1) is 12.8 Å². The number of furan rings is 1. The van der Waals surface area contributed by atoms with E-state index in [0.29, 0.717) is 17.0 Å². The summed E-state index contributed by atoms with van der Waals surface area (Å²) in [5, 5.41) is 6.70. The molecular weight excluding hydrogens is 408 g/mol. The zero-order valence-electron chi connectivity index (χ0n) is 16.7. The van der Waals surface area contributed by atoms with Gasteiger partial charge in [0.15, 0.2) is 17.1 Å². The fourth-order valence-electron chi connectivity index (χ4n) is 3.38. The molecule has 2 heterocycles. The first-order valence-electron chi connectivity index (χ1n) is 9.70. The number of benzene rings is 3. The largest absolute Gasteiger partial charge is 0.493 e. The summed E-state index contributed by atoms with van der Waals surface area (Å²) in [6.07, 6.45) is 0. The van der Waals surface area contributed by atoms with Crippen LogP contribution in [0.4, 0.5) is 5.69 Å². The van der Waals surface area contributed by atoms with Gasteiger partial charge in [-0.25, -0.2) is 4.98 Å². The third-order valence-electron chi connectivity index (χ3n) is 4.89. The van der Waals surface area contributed by atoms with Gasteiger partial charge in [0.2, 0.25) is 0 Å². The SMILES string of the molecule is COc1cccc2cc(C(=O)Nc3cccc(-c4csc(-c5ccccc5)n4)c3)oc12. The summed E-state index contributed by atoms with van der Waals surface area (Å²) in [7, 11) is 1.57. The van der Waals surface area contributed by atoms with E-state index in [2.05, 4.69) is 5.32 Å². The average molecular weight is 426 g/mol. The third kappa shape index (κ3) is 3.81. The number of rotatable bonds is 5. The minimum atomic E-state index is -0.321. The van der Waals surface area contributed by atoms with Gasteiger partial charge in [0.25, 0.3) is 5.91 Å². The molecule has 3 aromatic carbocycles. The number of anilines is 1. The van der Waals surface area contributed by atoms with Crippen molar-refractivity contribution < 1.29 is 13.9 Å². The molecule has 5 aromatic rings. The summed E-state index contributed by atoms with van der Waals surface area (Å²) in [5.41, 5.74) is 4.11. The van der Waals surface area contributed by atoms with Crippen molar-refractivity contribution in [2.45, 2.75) is 0 Å². The Hall–Kier alpha value is -3.90. The van der Waals surface area contributed by atoms with Crippen molar-refractivity contribution >= 4 is 33.9 Å². The number of nitrogens with zero attached hydrogens (tertiary/aromatic N) is 1. The van der Waals surface area contributed by atoms with E-state index in [1.54, 1.807) is 30.6 Å². The molecule has 1 N–H and O–H groups in total. The van der Waals surface area contributed by atoms with Crippen molar-refractivity contribution in [2.75, 3.05) is 12.4 Å². The number of para-hydroxylation sites is 1. The standard InChI is InChI=1S/C25H18N2O3S/c1-29-21-12-6-10-18-14-22(30-23(18)21)24(28)26-19-11-5-9-17(13-19)20-15-31-25(27-20)16-7-3-2-4-8-16/h2-15H,1H3,(H,26,28). The van der Waals surface area contributed by atoms with E-state index in [1.807, 2.05) is 72.1 Å². The molecule has 0 atom stereocenters. The average Bonchev–Trinajstić information content (AvgIpc) is 3.47. The molecular formula is C25H18N2O3S. The maximum absolute atomic E-state index is 12.8. The summed E-state index contributed by atoms with van der Waals surface area (Å²) >= 11 is 1.59. The Balaban J connectivity index is 1.39. The first-order chi connectivity index (χ1) is 15.2. The van der Waals surface area contributed by atoms with E-state index in [9.17, 15) is 4.79 Å². The van der Waals surface area contributed by atoms with Gasteiger partial charge in [-0.3, -0.25) is 4.79 Å². The number of aromatic nitrogens is 1. The zero-order chi connectivity index (χ0) is 21.2. The molecule has 152 valence electrons. The maximum atomic E-state index is 12.8. The number of ether oxygens (including phenoxy) is 1.